The number of carbonyl (C=O) groups excluding carboxylic acids is 2. The summed E-state index contributed by atoms with van der Waals surface area (Å²) < 4.78 is 20.0. The molecule has 2 saturated carbocycles. The number of methoxy groups -OCH3 is 2. The van der Waals surface area contributed by atoms with Crippen LogP contribution in [0.25, 0.3) is 0 Å². The molecule has 2 aromatic rings. The molecule has 47 heavy (non-hydrogen) atoms. The van der Waals surface area contributed by atoms with E-state index in [2.05, 4.69) is 36.6 Å². The van der Waals surface area contributed by atoms with Crippen LogP contribution in [0, 0.1) is 0 Å². The lowest BCUT2D eigenvalue weighted by Gasteiger charge is -2.28. The predicted octanol–water partition coefficient (Wildman–Crippen LogP) is 5.26. The lowest BCUT2D eigenvalue weighted by molar-refractivity contribution is -0.141. The van der Waals surface area contributed by atoms with E-state index in [4.69, 9.17) is 31.4 Å². The molecule has 4 rings (SSSR count). The molecule has 2 aliphatic rings. The van der Waals surface area contributed by atoms with Crippen LogP contribution in [0.3, 0.4) is 0 Å². The van der Waals surface area contributed by atoms with Gasteiger partial charge in [0.05, 0.1) is 50.2 Å². The Balaban J connectivity index is 0.000000280. The first-order chi connectivity index (χ1) is 22.6. The van der Waals surface area contributed by atoms with E-state index >= 15 is 0 Å². The third-order valence-electron chi connectivity index (χ3n) is 7.89. The Morgan fingerprint density at radius 3 is 1.66 bits per heavy atom. The molecule has 2 aromatic carbocycles. The SMILES string of the molecule is CCOC(=O)CBr.CCOC(=O)CNc1ccc(OC)cc1NC1CCC(N)CC1.COc1ccc(N)c(NC2CCC(N)CC2)c1. The van der Waals surface area contributed by atoms with Crippen molar-refractivity contribution in [3.63, 3.8) is 0 Å². The van der Waals surface area contributed by atoms with Gasteiger partial charge in [-0.25, -0.2) is 0 Å². The molecule has 9 N–H and O–H groups in total. The highest BCUT2D eigenvalue weighted by Crippen LogP contribution is 2.31. The van der Waals surface area contributed by atoms with E-state index in [0.717, 1.165) is 85.6 Å². The molecule has 0 radical (unpaired) electrons. The maximum Gasteiger partial charge on any atom is 0.325 e. The molecule has 0 atom stereocenters. The summed E-state index contributed by atoms with van der Waals surface area (Å²) in [5.41, 5.74) is 21.3. The fourth-order valence-electron chi connectivity index (χ4n) is 5.26. The van der Waals surface area contributed by atoms with Crippen molar-refractivity contribution in [3.8, 4) is 11.5 Å². The van der Waals surface area contributed by atoms with Gasteiger partial charge in [-0.2, -0.15) is 0 Å². The fourth-order valence-corrected chi connectivity index (χ4v) is 5.42. The summed E-state index contributed by atoms with van der Waals surface area (Å²) in [5.74, 6) is 1.14. The third kappa shape index (κ3) is 15.4. The number of anilines is 4. The quantitative estimate of drug-likeness (QED) is 0.0951. The van der Waals surface area contributed by atoms with Crippen LogP contribution in [0.2, 0.25) is 0 Å². The van der Waals surface area contributed by atoms with E-state index in [1.54, 1.807) is 28.1 Å². The van der Waals surface area contributed by atoms with Gasteiger partial charge in [-0.05, 0) is 89.5 Å². The zero-order chi connectivity index (χ0) is 34.6. The van der Waals surface area contributed by atoms with E-state index in [1.165, 1.54) is 0 Å². The molecule has 2 fully saturated rings. The molecule has 0 unspecified atom stereocenters. The molecular weight excluding hydrogens is 668 g/mol. The molecule has 0 spiro atoms. The zero-order valence-electron chi connectivity index (χ0n) is 28.3. The highest BCUT2D eigenvalue weighted by molar-refractivity contribution is 9.09. The zero-order valence-corrected chi connectivity index (χ0v) is 29.9. The minimum Gasteiger partial charge on any atom is -0.497 e. The smallest absolute Gasteiger partial charge is 0.325 e. The number of hydrogen-bond acceptors (Lipinski definition) is 12. The third-order valence-corrected chi connectivity index (χ3v) is 8.35. The van der Waals surface area contributed by atoms with Crippen molar-refractivity contribution in [2.45, 2.75) is 89.4 Å². The Morgan fingerprint density at radius 1 is 0.723 bits per heavy atom. The van der Waals surface area contributed by atoms with Gasteiger partial charge in [-0.1, -0.05) is 15.9 Å². The lowest BCUT2D eigenvalue weighted by Crippen LogP contribution is -2.33. The van der Waals surface area contributed by atoms with Crippen molar-refractivity contribution in [3.05, 3.63) is 36.4 Å². The van der Waals surface area contributed by atoms with Crippen molar-refractivity contribution in [1.82, 2.24) is 0 Å². The molecule has 0 saturated heterocycles. The number of carbonyl (C=O) groups is 2. The van der Waals surface area contributed by atoms with Gasteiger partial charge in [0.2, 0.25) is 0 Å². The number of hydrogen-bond donors (Lipinski definition) is 6. The molecule has 0 heterocycles. The molecule has 0 bridgehead atoms. The Morgan fingerprint density at radius 2 is 1.19 bits per heavy atom. The van der Waals surface area contributed by atoms with E-state index in [1.807, 2.05) is 36.4 Å². The van der Waals surface area contributed by atoms with Crippen molar-refractivity contribution in [2.24, 2.45) is 11.5 Å². The molecule has 0 aliphatic heterocycles. The maximum absolute atomic E-state index is 11.5. The van der Waals surface area contributed by atoms with Gasteiger partial charge in [-0.3, -0.25) is 9.59 Å². The first kappa shape index (κ1) is 39.8. The average molecular weight is 724 g/mol. The van der Waals surface area contributed by atoms with Crippen molar-refractivity contribution in [1.29, 1.82) is 0 Å². The van der Waals surface area contributed by atoms with E-state index in [-0.39, 0.29) is 18.5 Å². The van der Waals surface area contributed by atoms with Gasteiger partial charge < -0.3 is 52.1 Å². The van der Waals surface area contributed by atoms with Crippen LogP contribution in [-0.4, -0.2) is 75.4 Å². The van der Waals surface area contributed by atoms with Crippen LogP contribution in [0.4, 0.5) is 22.7 Å². The lowest BCUT2D eigenvalue weighted by atomic mass is 9.91. The second-order valence-corrected chi connectivity index (χ2v) is 12.0. The molecule has 2 aliphatic carbocycles. The van der Waals surface area contributed by atoms with E-state index in [9.17, 15) is 9.59 Å². The molecule has 0 aromatic heterocycles. The molecule has 13 heteroatoms. The van der Waals surface area contributed by atoms with Crippen LogP contribution in [0.5, 0.6) is 11.5 Å². The standard InChI is InChI=1S/C17H27N3O3.C13H21N3O.C4H7BrO2/c1-3-23-17(21)11-19-15-9-8-14(22-2)10-16(15)20-13-6-4-12(18)5-7-13;1-17-11-6-7-12(15)13(8-11)16-10-4-2-9(14)3-5-10;1-2-7-4(6)3-5/h8-10,12-13,19-20H,3-7,11,18H2,1-2H3;6-10,16H,2-5,14-15H2,1H3;2-3H2,1H3. The van der Waals surface area contributed by atoms with Crippen molar-refractivity contribution < 1.29 is 28.5 Å². The summed E-state index contributed by atoms with van der Waals surface area (Å²) in [6, 6.07) is 13.0. The summed E-state index contributed by atoms with van der Waals surface area (Å²) in [6.07, 6.45) is 8.56. The number of nitrogen functional groups attached to an aromatic ring is 1. The summed E-state index contributed by atoms with van der Waals surface area (Å²) in [4.78, 5) is 21.7. The second kappa shape index (κ2) is 22.2. The first-order valence-electron chi connectivity index (χ1n) is 16.4. The van der Waals surface area contributed by atoms with Crippen molar-refractivity contribution >= 4 is 50.6 Å². The Labute approximate surface area is 288 Å². The number of esters is 2. The highest BCUT2D eigenvalue weighted by atomic mass is 79.9. The number of rotatable bonds is 12. The number of nitrogens with two attached hydrogens (primary N) is 3. The average Bonchev–Trinajstić information content (AvgIpc) is 3.08. The van der Waals surface area contributed by atoms with Crippen LogP contribution in [0.1, 0.15) is 65.2 Å². The summed E-state index contributed by atoms with van der Waals surface area (Å²) >= 11 is 2.94. The number of ether oxygens (including phenoxy) is 4. The summed E-state index contributed by atoms with van der Waals surface area (Å²) in [7, 11) is 3.30. The molecular formula is C34H55BrN6O6. The van der Waals surface area contributed by atoms with Gasteiger partial charge in [0.25, 0.3) is 0 Å². The minimum atomic E-state index is -0.266. The monoisotopic (exact) mass is 722 g/mol. The Hall–Kier alpha value is -3.42. The Kier molecular flexibility index (Phi) is 18.8. The second-order valence-electron chi connectivity index (χ2n) is 11.5. The molecule has 0 amide bonds. The minimum absolute atomic E-state index is 0.143. The van der Waals surface area contributed by atoms with E-state index in [0.29, 0.717) is 42.7 Å². The van der Waals surface area contributed by atoms with Crippen molar-refractivity contribution in [2.75, 3.05) is 61.0 Å². The maximum atomic E-state index is 11.5. The van der Waals surface area contributed by atoms with Gasteiger partial charge in [-0.15, -0.1) is 0 Å². The molecule has 264 valence electrons. The number of halogens is 1. The largest absolute Gasteiger partial charge is 0.497 e. The van der Waals surface area contributed by atoms with Crippen LogP contribution in [-0.2, 0) is 19.1 Å². The molecule has 12 nitrogen and oxygen atoms in total. The predicted molar refractivity (Wildman–Crippen MR) is 194 cm³/mol. The topological polar surface area (TPSA) is 185 Å². The van der Waals surface area contributed by atoms with Crippen LogP contribution in [0.15, 0.2) is 36.4 Å². The van der Waals surface area contributed by atoms with Gasteiger partial charge >= 0.3 is 11.9 Å². The summed E-state index contributed by atoms with van der Waals surface area (Å²) in [6.45, 7) is 4.57. The fraction of sp³-hybridized carbons (Fsp3) is 0.588. The van der Waals surface area contributed by atoms with Gasteiger partial charge in [0.1, 0.15) is 23.4 Å². The van der Waals surface area contributed by atoms with E-state index < -0.39 is 0 Å². The van der Waals surface area contributed by atoms with Gasteiger partial charge in [0.15, 0.2) is 0 Å². The van der Waals surface area contributed by atoms with Crippen LogP contribution < -0.4 is 42.6 Å². The number of alkyl halides is 1. The Bertz CT molecular complexity index is 1210. The van der Waals surface area contributed by atoms with Gasteiger partial charge in [0, 0.05) is 36.3 Å². The normalized spacial score (nSPS) is 20.1. The number of benzene rings is 2. The summed E-state index contributed by atoms with van der Waals surface area (Å²) in [5, 5.41) is 10.5. The van der Waals surface area contributed by atoms with Crippen LogP contribution >= 0.6 is 15.9 Å². The number of nitrogens with one attached hydrogen (secondary N) is 3. The highest BCUT2D eigenvalue weighted by Gasteiger charge is 2.20. The first-order valence-corrected chi connectivity index (χ1v) is 17.5.